The van der Waals surface area contributed by atoms with Gasteiger partial charge in [-0.1, -0.05) is 33.9 Å². The van der Waals surface area contributed by atoms with Crippen LogP contribution in [0.4, 0.5) is 9.59 Å². The molecule has 0 aromatic carbocycles. The maximum absolute atomic E-state index is 11.9. The minimum atomic E-state index is -2.44. The van der Waals surface area contributed by atoms with E-state index in [4.69, 9.17) is 27.5 Å². The van der Waals surface area contributed by atoms with Gasteiger partial charge in [-0.15, -0.1) is 0 Å². The first kappa shape index (κ1) is 35.6. The Hall–Kier alpha value is -1.41. The van der Waals surface area contributed by atoms with Crippen LogP contribution in [0.2, 0.25) is 49.9 Å². The fraction of sp³-hybridized carbons (Fsp3) is 0.769. The summed E-state index contributed by atoms with van der Waals surface area (Å²) in [6.07, 6.45) is 0.808. The Kier molecular flexibility index (Phi) is 12.1. The highest BCUT2D eigenvalue weighted by molar-refractivity contribution is 6.87. The summed E-state index contributed by atoms with van der Waals surface area (Å²) in [6, 6.07) is 0. The van der Waals surface area contributed by atoms with Crippen LogP contribution in [0, 0.1) is 0 Å². The summed E-state index contributed by atoms with van der Waals surface area (Å²) in [4.78, 5) is 23.7. The van der Waals surface area contributed by atoms with E-state index in [0.29, 0.717) is 6.42 Å². The molecule has 0 aromatic rings. The lowest BCUT2D eigenvalue weighted by atomic mass is 9.95. The molecule has 0 aliphatic carbocycles. The maximum Gasteiger partial charge on any atom is 0.513 e. The number of ether oxygens (including phenoxy) is 4. The second-order valence-electron chi connectivity index (χ2n) is 12.9. The van der Waals surface area contributed by atoms with Crippen molar-refractivity contribution in [3.8, 4) is 0 Å². The third kappa shape index (κ3) is 10.3. The zero-order valence-corrected chi connectivity index (χ0v) is 28.7. The van der Waals surface area contributed by atoms with Gasteiger partial charge in [-0.25, -0.2) is 9.59 Å². The van der Waals surface area contributed by atoms with Crippen LogP contribution in [-0.2, 0) is 27.5 Å². The largest absolute Gasteiger partial charge is 0.513 e. The number of hydrogen-bond donors (Lipinski definition) is 0. The fourth-order valence-corrected chi connectivity index (χ4v) is 16.7. The molecule has 216 valence electrons. The van der Waals surface area contributed by atoms with Crippen molar-refractivity contribution in [1.29, 1.82) is 0 Å². The van der Waals surface area contributed by atoms with Crippen molar-refractivity contribution in [2.24, 2.45) is 0 Å². The van der Waals surface area contributed by atoms with Crippen molar-refractivity contribution in [3.05, 3.63) is 25.7 Å². The Morgan fingerprint density at radius 1 is 0.811 bits per heavy atom. The SMILES string of the molecule is C=COC(=O)OC(C)C(C)[Si](C)(C)O[Si](C)(C)C(C)(C)O[Si](C)(C)C(C)(C)CC(C)(C)OC(=O)OC=C. The average molecular weight is 577 g/mol. The summed E-state index contributed by atoms with van der Waals surface area (Å²) in [5, 5.41) is -0.760. The van der Waals surface area contributed by atoms with Gasteiger partial charge in [0.2, 0.25) is 8.32 Å². The fourth-order valence-electron chi connectivity index (χ4n) is 4.32. The summed E-state index contributed by atoms with van der Waals surface area (Å²) in [6.45, 7) is 36.1. The van der Waals surface area contributed by atoms with Gasteiger partial charge in [0.25, 0.3) is 0 Å². The molecule has 8 nitrogen and oxygen atoms in total. The minimum absolute atomic E-state index is 0.0161. The molecule has 0 fully saturated rings. The second-order valence-corrected chi connectivity index (χ2v) is 26.7. The van der Waals surface area contributed by atoms with Gasteiger partial charge in [0, 0.05) is 5.54 Å². The van der Waals surface area contributed by atoms with Crippen molar-refractivity contribution in [1.82, 2.24) is 0 Å². The van der Waals surface area contributed by atoms with Gasteiger partial charge in [0.05, 0.1) is 17.7 Å². The monoisotopic (exact) mass is 576 g/mol. The molecule has 0 bridgehead atoms. The number of hydrogen-bond acceptors (Lipinski definition) is 8. The lowest BCUT2D eigenvalue weighted by Gasteiger charge is -2.52. The summed E-state index contributed by atoms with van der Waals surface area (Å²) >= 11 is 0. The molecule has 11 heteroatoms. The molecule has 0 N–H and O–H groups in total. The summed E-state index contributed by atoms with van der Waals surface area (Å²) in [7, 11) is -7.16. The number of carbonyl (C=O) groups excluding carboxylic acids is 2. The van der Waals surface area contributed by atoms with Gasteiger partial charge in [-0.05, 0) is 85.4 Å². The van der Waals surface area contributed by atoms with Crippen molar-refractivity contribution in [2.45, 2.75) is 129 Å². The normalized spacial score (nSPS) is 15.3. The third-order valence-corrected chi connectivity index (χ3v) is 22.2. The van der Waals surface area contributed by atoms with Gasteiger partial charge >= 0.3 is 12.3 Å². The molecule has 37 heavy (non-hydrogen) atoms. The molecule has 0 saturated heterocycles. The topological polar surface area (TPSA) is 89.5 Å². The molecule has 0 saturated carbocycles. The minimum Gasteiger partial charge on any atom is -0.453 e. The van der Waals surface area contributed by atoms with E-state index in [1.165, 1.54) is 0 Å². The molecule has 0 aliphatic rings. The van der Waals surface area contributed by atoms with Crippen LogP contribution in [0.1, 0.15) is 61.8 Å². The predicted molar refractivity (Wildman–Crippen MR) is 156 cm³/mol. The van der Waals surface area contributed by atoms with Crippen LogP contribution >= 0.6 is 0 Å². The molecule has 0 spiro atoms. The van der Waals surface area contributed by atoms with E-state index < -0.39 is 48.1 Å². The van der Waals surface area contributed by atoms with Crippen LogP contribution in [0.25, 0.3) is 0 Å². The summed E-state index contributed by atoms with van der Waals surface area (Å²) in [5.41, 5.74) is -0.736. The quantitative estimate of drug-likeness (QED) is 0.116. The van der Waals surface area contributed by atoms with Gasteiger partial charge in [-0.2, -0.15) is 0 Å². The van der Waals surface area contributed by atoms with Gasteiger partial charge in [0.15, 0.2) is 16.6 Å². The molecule has 2 unspecified atom stereocenters. The van der Waals surface area contributed by atoms with E-state index in [0.717, 1.165) is 12.5 Å². The number of rotatable bonds is 14. The van der Waals surface area contributed by atoms with E-state index in [9.17, 15) is 9.59 Å². The second kappa shape index (κ2) is 12.6. The lowest BCUT2D eigenvalue weighted by Crippen LogP contribution is -2.64. The Morgan fingerprint density at radius 2 is 1.27 bits per heavy atom. The van der Waals surface area contributed by atoms with E-state index in [1.807, 2.05) is 20.8 Å². The standard InChI is InChI=1S/C26H52O8Si3/c1-17-29-22(27)31-20(3)21(4)35(11,12)34-37(15,16)26(9,10)33-36(13,14)25(7,8)19-24(5,6)32-23(28)30-18-2/h17-18,20-21H,1-2,19H2,3-16H3. The zero-order chi connectivity index (χ0) is 29.7. The Bertz CT molecular complexity index is 819. The van der Waals surface area contributed by atoms with Gasteiger partial charge < -0.3 is 27.5 Å². The highest BCUT2D eigenvalue weighted by Gasteiger charge is 2.54. The van der Waals surface area contributed by atoms with E-state index in [-0.39, 0.29) is 16.7 Å². The van der Waals surface area contributed by atoms with Gasteiger partial charge in [-0.3, -0.25) is 0 Å². The molecular formula is C26H52O8Si3. The van der Waals surface area contributed by atoms with Crippen molar-refractivity contribution >= 4 is 37.3 Å². The van der Waals surface area contributed by atoms with E-state index in [2.05, 4.69) is 87.1 Å². The first-order valence-corrected chi connectivity index (χ1v) is 21.6. The highest BCUT2D eigenvalue weighted by Crippen LogP contribution is 2.48. The molecular weight excluding hydrogens is 525 g/mol. The van der Waals surface area contributed by atoms with Crippen molar-refractivity contribution in [2.75, 3.05) is 0 Å². The smallest absolute Gasteiger partial charge is 0.453 e. The Labute approximate surface area is 228 Å². The van der Waals surface area contributed by atoms with Crippen LogP contribution in [0.3, 0.4) is 0 Å². The molecule has 2 atom stereocenters. The van der Waals surface area contributed by atoms with Crippen molar-refractivity contribution < 1.29 is 37.1 Å². The summed E-state index contributed by atoms with van der Waals surface area (Å²) in [5.74, 6) is 0. The van der Waals surface area contributed by atoms with Gasteiger partial charge in [0.1, 0.15) is 11.7 Å². The molecule has 0 rings (SSSR count). The van der Waals surface area contributed by atoms with E-state index >= 15 is 0 Å². The van der Waals surface area contributed by atoms with Crippen LogP contribution in [0.15, 0.2) is 25.7 Å². The Morgan fingerprint density at radius 3 is 1.73 bits per heavy atom. The highest BCUT2D eigenvalue weighted by atomic mass is 28.4. The molecule has 0 aliphatic heterocycles. The lowest BCUT2D eigenvalue weighted by molar-refractivity contribution is -0.0119. The molecule has 0 heterocycles. The van der Waals surface area contributed by atoms with Crippen molar-refractivity contribution in [3.63, 3.8) is 0 Å². The predicted octanol–water partition coefficient (Wildman–Crippen LogP) is 8.27. The zero-order valence-electron chi connectivity index (χ0n) is 25.7. The first-order valence-electron chi connectivity index (χ1n) is 12.8. The van der Waals surface area contributed by atoms with Crippen LogP contribution in [0.5, 0.6) is 0 Å². The van der Waals surface area contributed by atoms with Crippen LogP contribution in [-0.4, -0.2) is 54.2 Å². The number of carbonyl (C=O) groups is 2. The third-order valence-electron chi connectivity index (χ3n) is 7.78. The Balaban J connectivity index is 5.69. The molecule has 0 aromatic heterocycles. The molecule has 0 radical (unpaired) electrons. The summed E-state index contributed by atoms with van der Waals surface area (Å²) < 4.78 is 34.4. The van der Waals surface area contributed by atoms with E-state index in [1.54, 1.807) is 0 Å². The van der Waals surface area contributed by atoms with Crippen LogP contribution < -0.4 is 0 Å². The average Bonchev–Trinajstić information content (AvgIpc) is 2.64. The first-order chi connectivity index (χ1) is 16.4. The molecule has 0 amide bonds. The maximum atomic E-state index is 11.9.